The number of rotatable bonds is 5. The van der Waals surface area contributed by atoms with Crippen molar-refractivity contribution < 1.29 is 9.53 Å². The van der Waals surface area contributed by atoms with Crippen molar-refractivity contribution in [2.45, 2.75) is 37.8 Å². The zero-order valence-corrected chi connectivity index (χ0v) is 17.1. The second kappa shape index (κ2) is 8.70. The standard InChI is InChI=1S/C23H24ClN3O2/c1-29-19-9-2-15(3-10-19)23(28)27-18-7-5-17(6-8-18)26-21-12-13-25-22-14-16(24)4-11-20(21)22/h2-4,9-14,17-18H,5-8H2,1H3,(H,25,26)(H,27,28)/t17-,18+. The van der Waals surface area contributed by atoms with E-state index in [9.17, 15) is 4.79 Å². The molecule has 0 atom stereocenters. The van der Waals surface area contributed by atoms with Crippen LogP contribution in [0.1, 0.15) is 36.0 Å². The Bertz CT molecular complexity index is 999. The lowest BCUT2D eigenvalue weighted by molar-refractivity contribution is 0.0926. The summed E-state index contributed by atoms with van der Waals surface area (Å²) >= 11 is 6.08. The zero-order chi connectivity index (χ0) is 20.2. The van der Waals surface area contributed by atoms with Gasteiger partial charge in [0.1, 0.15) is 5.75 Å². The summed E-state index contributed by atoms with van der Waals surface area (Å²) in [6.45, 7) is 0. The summed E-state index contributed by atoms with van der Waals surface area (Å²) in [5.41, 5.74) is 2.63. The molecule has 1 aliphatic carbocycles. The van der Waals surface area contributed by atoms with E-state index < -0.39 is 0 Å². The first-order valence-corrected chi connectivity index (χ1v) is 10.3. The number of anilines is 1. The van der Waals surface area contributed by atoms with Crippen molar-refractivity contribution in [3.8, 4) is 5.75 Å². The van der Waals surface area contributed by atoms with E-state index in [1.165, 1.54) is 0 Å². The van der Waals surface area contributed by atoms with Crippen LogP contribution in [0.2, 0.25) is 5.02 Å². The van der Waals surface area contributed by atoms with Crippen molar-refractivity contribution in [1.82, 2.24) is 10.3 Å². The van der Waals surface area contributed by atoms with Crippen LogP contribution in [-0.2, 0) is 0 Å². The van der Waals surface area contributed by atoms with Gasteiger partial charge in [0.15, 0.2) is 0 Å². The van der Waals surface area contributed by atoms with E-state index >= 15 is 0 Å². The molecule has 6 heteroatoms. The number of pyridine rings is 1. The normalized spacial score (nSPS) is 19.0. The minimum Gasteiger partial charge on any atom is -0.497 e. The molecule has 0 saturated heterocycles. The summed E-state index contributed by atoms with van der Waals surface area (Å²) in [4.78, 5) is 16.9. The molecule has 0 radical (unpaired) electrons. The molecular formula is C23H24ClN3O2. The van der Waals surface area contributed by atoms with E-state index in [0.717, 1.165) is 48.0 Å². The number of methoxy groups -OCH3 is 1. The average Bonchev–Trinajstić information content (AvgIpc) is 2.75. The van der Waals surface area contributed by atoms with Gasteiger partial charge in [0.2, 0.25) is 0 Å². The van der Waals surface area contributed by atoms with Gasteiger partial charge in [0.05, 0.1) is 12.6 Å². The van der Waals surface area contributed by atoms with Crippen LogP contribution in [-0.4, -0.2) is 30.1 Å². The Morgan fingerprint density at radius 2 is 1.76 bits per heavy atom. The number of nitrogens with zero attached hydrogens (tertiary/aromatic N) is 1. The summed E-state index contributed by atoms with van der Waals surface area (Å²) in [5.74, 6) is 0.722. The van der Waals surface area contributed by atoms with Crippen molar-refractivity contribution in [2.24, 2.45) is 0 Å². The third-order valence-corrected chi connectivity index (χ3v) is 5.71. The lowest BCUT2D eigenvalue weighted by Crippen LogP contribution is -2.40. The molecular weight excluding hydrogens is 386 g/mol. The fraction of sp³-hybridized carbons (Fsp3) is 0.304. The smallest absolute Gasteiger partial charge is 0.251 e. The highest BCUT2D eigenvalue weighted by molar-refractivity contribution is 6.31. The van der Waals surface area contributed by atoms with Gasteiger partial charge in [-0.05, 0) is 74.2 Å². The Balaban J connectivity index is 1.33. The van der Waals surface area contributed by atoms with Crippen molar-refractivity contribution in [1.29, 1.82) is 0 Å². The summed E-state index contributed by atoms with van der Waals surface area (Å²) in [6, 6.07) is 15.6. The van der Waals surface area contributed by atoms with Crippen LogP contribution in [0, 0.1) is 0 Å². The van der Waals surface area contributed by atoms with Gasteiger partial charge >= 0.3 is 0 Å². The van der Waals surface area contributed by atoms with E-state index in [4.69, 9.17) is 16.3 Å². The first-order chi connectivity index (χ1) is 14.1. The highest BCUT2D eigenvalue weighted by Crippen LogP contribution is 2.28. The second-order valence-electron chi connectivity index (χ2n) is 7.41. The molecule has 1 amide bonds. The maximum Gasteiger partial charge on any atom is 0.251 e. The SMILES string of the molecule is COc1ccc(C(=O)N[C@H]2CC[C@@H](Nc3ccnc4cc(Cl)ccc34)CC2)cc1. The molecule has 5 nitrogen and oxygen atoms in total. The number of benzene rings is 2. The van der Waals surface area contributed by atoms with Crippen LogP contribution in [0.3, 0.4) is 0 Å². The first-order valence-electron chi connectivity index (χ1n) is 9.88. The maximum atomic E-state index is 12.5. The van der Waals surface area contributed by atoms with E-state index in [1.54, 1.807) is 19.2 Å². The second-order valence-corrected chi connectivity index (χ2v) is 7.85. The van der Waals surface area contributed by atoms with Gasteiger partial charge in [0, 0.05) is 39.9 Å². The number of amides is 1. The summed E-state index contributed by atoms with van der Waals surface area (Å²) in [6.07, 6.45) is 5.72. The molecule has 0 unspecified atom stereocenters. The van der Waals surface area contributed by atoms with Gasteiger partial charge in [0.25, 0.3) is 5.91 Å². The van der Waals surface area contributed by atoms with Gasteiger partial charge in [-0.25, -0.2) is 0 Å². The van der Waals surface area contributed by atoms with Crippen molar-refractivity contribution in [3.63, 3.8) is 0 Å². The molecule has 4 rings (SSSR count). The lowest BCUT2D eigenvalue weighted by atomic mass is 9.90. The van der Waals surface area contributed by atoms with Gasteiger partial charge < -0.3 is 15.4 Å². The predicted octanol–water partition coefficient (Wildman–Crippen LogP) is 5.05. The Kier molecular flexibility index (Phi) is 5.86. The van der Waals surface area contributed by atoms with Gasteiger partial charge in [-0.2, -0.15) is 0 Å². The van der Waals surface area contributed by atoms with Gasteiger partial charge in [-0.3, -0.25) is 9.78 Å². The Morgan fingerprint density at radius 3 is 2.48 bits per heavy atom. The van der Waals surface area contributed by atoms with Crippen molar-refractivity contribution in [3.05, 3.63) is 65.3 Å². The van der Waals surface area contributed by atoms with Crippen LogP contribution in [0.4, 0.5) is 5.69 Å². The number of ether oxygens (including phenoxy) is 1. The average molecular weight is 410 g/mol. The van der Waals surface area contributed by atoms with Crippen LogP contribution in [0.25, 0.3) is 10.9 Å². The summed E-state index contributed by atoms with van der Waals surface area (Å²) in [7, 11) is 1.62. The number of halogens is 1. The van der Waals surface area contributed by atoms with Crippen LogP contribution < -0.4 is 15.4 Å². The number of hydrogen-bond acceptors (Lipinski definition) is 4. The topological polar surface area (TPSA) is 63.2 Å². The third-order valence-electron chi connectivity index (χ3n) is 5.48. The monoisotopic (exact) mass is 409 g/mol. The van der Waals surface area contributed by atoms with Crippen molar-refractivity contribution >= 4 is 34.1 Å². The predicted molar refractivity (Wildman–Crippen MR) is 117 cm³/mol. The number of carbonyl (C=O) groups is 1. The summed E-state index contributed by atoms with van der Waals surface area (Å²) < 4.78 is 5.14. The molecule has 0 aliphatic heterocycles. The number of aromatic nitrogens is 1. The van der Waals surface area contributed by atoms with Crippen LogP contribution in [0.15, 0.2) is 54.7 Å². The number of hydrogen-bond donors (Lipinski definition) is 2. The minimum atomic E-state index is -0.0268. The van der Waals surface area contributed by atoms with Gasteiger partial charge in [-0.15, -0.1) is 0 Å². The molecule has 2 N–H and O–H groups in total. The lowest BCUT2D eigenvalue weighted by Gasteiger charge is -2.30. The molecule has 1 fully saturated rings. The van der Waals surface area contributed by atoms with E-state index in [2.05, 4.69) is 15.6 Å². The van der Waals surface area contributed by atoms with E-state index in [0.29, 0.717) is 16.6 Å². The van der Waals surface area contributed by atoms with E-state index in [-0.39, 0.29) is 11.9 Å². The largest absolute Gasteiger partial charge is 0.497 e. The van der Waals surface area contributed by atoms with Gasteiger partial charge in [-0.1, -0.05) is 11.6 Å². The molecule has 1 heterocycles. The van der Waals surface area contributed by atoms with E-state index in [1.807, 2.05) is 42.6 Å². The fourth-order valence-electron chi connectivity index (χ4n) is 3.86. The molecule has 0 spiro atoms. The number of carbonyl (C=O) groups excluding carboxylic acids is 1. The molecule has 150 valence electrons. The third kappa shape index (κ3) is 4.62. The molecule has 1 aromatic heterocycles. The number of nitrogens with one attached hydrogen (secondary N) is 2. The Morgan fingerprint density at radius 1 is 1.03 bits per heavy atom. The molecule has 1 aliphatic rings. The number of fused-ring (bicyclic) bond motifs is 1. The highest BCUT2D eigenvalue weighted by Gasteiger charge is 2.23. The quantitative estimate of drug-likeness (QED) is 0.619. The van der Waals surface area contributed by atoms with Crippen molar-refractivity contribution in [2.75, 3.05) is 12.4 Å². The molecule has 3 aromatic rings. The maximum absolute atomic E-state index is 12.5. The summed E-state index contributed by atoms with van der Waals surface area (Å²) in [5, 5.41) is 8.58. The highest BCUT2D eigenvalue weighted by atomic mass is 35.5. The molecule has 1 saturated carbocycles. The Hall–Kier alpha value is -2.79. The van der Waals surface area contributed by atoms with Crippen LogP contribution in [0.5, 0.6) is 5.75 Å². The molecule has 29 heavy (non-hydrogen) atoms. The Labute approximate surface area is 175 Å². The molecule has 0 bridgehead atoms. The molecule has 2 aromatic carbocycles. The minimum absolute atomic E-state index is 0.0268. The van der Waals surface area contributed by atoms with Crippen LogP contribution >= 0.6 is 11.6 Å². The zero-order valence-electron chi connectivity index (χ0n) is 16.3. The fourth-order valence-corrected chi connectivity index (χ4v) is 4.03. The first kappa shape index (κ1) is 19.5.